The average Bonchev–Trinajstić information content (AvgIpc) is 3.24. The molecule has 0 unspecified atom stereocenters. The molecule has 3 rings (SSSR count). The monoisotopic (exact) mass is 542 g/mol. The van der Waals surface area contributed by atoms with E-state index in [0.717, 1.165) is 0 Å². The molecule has 0 saturated carbocycles. The van der Waals surface area contributed by atoms with Crippen molar-refractivity contribution in [3.63, 3.8) is 0 Å². The standard InChI is InChI=1S/C20H11Cl3F6N4O/c21-11-5-6-12(13(22)7-11)15(30)14(23)16(19(24,25)26)31-8-9-1-3-10(4-2-9)17-32-18(34-33-17)20(27,28)29/h1-7H,8,30H2. The van der Waals surface area contributed by atoms with Crippen molar-refractivity contribution in [2.75, 3.05) is 0 Å². The largest absolute Gasteiger partial charge is 0.471 e. The molecular weight excluding hydrogens is 533 g/mol. The van der Waals surface area contributed by atoms with Gasteiger partial charge in [-0.1, -0.05) is 64.2 Å². The molecule has 0 radical (unpaired) electrons. The molecule has 3 aromatic rings. The van der Waals surface area contributed by atoms with Gasteiger partial charge in [0.15, 0.2) is 5.71 Å². The van der Waals surface area contributed by atoms with Gasteiger partial charge in [0.05, 0.1) is 22.3 Å². The maximum atomic E-state index is 13.6. The number of rotatable bonds is 5. The van der Waals surface area contributed by atoms with Crippen molar-refractivity contribution in [3.05, 3.63) is 74.6 Å². The van der Waals surface area contributed by atoms with Gasteiger partial charge < -0.3 is 10.3 Å². The third-order valence-corrected chi connectivity index (χ3v) is 5.17. The summed E-state index contributed by atoms with van der Waals surface area (Å²) >= 11 is 17.7. The number of halogens is 9. The highest BCUT2D eigenvalue weighted by molar-refractivity contribution is 6.47. The number of hydrogen-bond donors (Lipinski definition) is 1. The van der Waals surface area contributed by atoms with Crippen molar-refractivity contribution in [2.24, 2.45) is 10.7 Å². The van der Waals surface area contributed by atoms with Crippen LogP contribution in [0.3, 0.4) is 0 Å². The van der Waals surface area contributed by atoms with Gasteiger partial charge in [-0.3, -0.25) is 4.99 Å². The molecule has 180 valence electrons. The van der Waals surface area contributed by atoms with Crippen LogP contribution in [0.2, 0.25) is 10.0 Å². The van der Waals surface area contributed by atoms with Crippen LogP contribution in [0.1, 0.15) is 17.0 Å². The number of alkyl halides is 6. The van der Waals surface area contributed by atoms with E-state index in [1.54, 1.807) is 0 Å². The maximum absolute atomic E-state index is 13.6. The van der Waals surface area contributed by atoms with E-state index in [1.165, 1.54) is 42.5 Å². The van der Waals surface area contributed by atoms with Gasteiger partial charge in [-0.25, -0.2) is 0 Å². The minimum atomic E-state index is -4.95. The molecule has 14 heteroatoms. The summed E-state index contributed by atoms with van der Waals surface area (Å²) in [5, 5.41) is 2.62. The zero-order valence-corrected chi connectivity index (χ0v) is 18.7. The van der Waals surface area contributed by atoms with Crippen molar-refractivity contribution in [1.82, 2.24) is 10.1 Å². The Morgan fingerprint density at radius 2 is 1.65 bits per heavy atom. The van der Waals surface area contributed by atoms with Crippen LogP contribution in [0.25, 0.3) is 17.1 Å². The predicted octanol–water partition coefficient (Wildman–Crippen LogP) is 7.13. The van der Waals surface area contributed by atoms with Crippen LogP contribution in [0.15, 0.2) is 57.0 Å². The summed E-state index contributed by atoms with van der Waals surface area (Å²) in [4.78, 5) is 6.79. The van der Waals surface area contributed by atoms with Gasteiger partial charge in [-0.15, -0.1) is 0 Å². The van der Waals surface area contributed by atoms with Gasteiger partial charge >= 0.3 is 18.2 Å². The van der Waals surface area contributed by atoms with Crippen molar-refractivity contribution in [1.29, 1.82) is 0 Å². The number of aromatic nitrogens is 2. The van der Waals surface area contributed by atoms with E-state index < -0.39 is 41.2 Å². The first-order valence-corrected chi connectivity index (χ1v) is 10.1. The lowest BCUT2D eigenvalue weighted by molar-refractivity contribution is -0.159. The highest BCUT2D eigenvalue weighted by Crippen LogP contribution is 2.33. The van der Waals surface area contributed by atoms with E-state index in [-0.39, 0.29) is 32.6 Å². The summed E-state index contributed by atoms with van der Waals surface area (Å²) in [5.41, 5.74) is 4.40. The Labute approximate surface area is 202 Å². The summed E-state index contributed by atoms with van der Waals surface area (Å²) in [5.74, 6) is -1.86. The molecule has 0 amide bonds. The number of nitrogens with two attached hydrogens (primary N) is 1. The summed E-state index contributed by atoms with van der Waals surface area (Å²) < 4.78 is 82.8. The molecule has 1 heterocycles. The highest BCUT2D eigenvalue weighted by Gasteiger charge is 2.39. The lowest BCUT2D eigenvalue weighted by Gasteiger charge is -2.14. The second-order valence-corrected chi connectivity index (χ2v) is 7.85. The van der Waals surface area contributed by atoms with Gasteiger partial charge in [0, 0.05) is 16.1 Å². The fraction of sp³-hybridized carbons (Fsp3) is 0.150. The zero-order chi connectivity index (χ0) is 25.3. The van der Waals surface area contributed by atoms with E-state index >= 15 is 0 Å². The molecule has 1 aromatic heterocycles. The van der Waals surface area contributed by atoms with E-state index in [4.69, 9.17) is 40.5 Å². The molecule has 5 nitrogen and oxygen atoms in total. The lowest BCUT2D eigenvalue weighted by Crippen LogP contribution is -2.25. The van der Waals surface area contributed by atoms with Gasteiger partial charge in [-0.2, -0.15) is 31.3 Å². The molecule has 0 aliphatic rings. The van der Waals surface area contributed by atoms with Crippen molar-refractivity contribution >= 4 is 46.2 Å². The molecule has 2 aromatic carbocycles. The first kappa shape index (κ1) is 25.9. The fourth-order valence-electron chi connectivity index (χ4n) is 2.62. The van der Waals surface area contributed by atoms with E-state index in [2.05, 4.69) is 19.7 Å². The quantitative estimate of drug-likeness (QED) is 0.274. The average molecular weight is 544 g/mol. The Morgan fingerprint density at radius 3 is 2.18 bits per heavy atom. The zero-order valence-electron chi connectivity index (χ0n) is 16.5. The second-order valence-electron chi connectivity index (χ2n) is 6.63. The normalized spacial score (nSPS) is 13.7. The predicted molar refractivity (Wildman–Crippen MR) is 115 cm³/mol. The van der Waals surface area contributed by atoms with Crippen LogP contribution < -0.4 is 5.73 Å². The first-order valence-electron chi connectivity index (χ1n) is 9.00. The summed E-state index contributed by atoms with van der Waals surface area (Å²) in [6.45, 7) is -0.465. The Bertz CT molecular complexity index is 1250. The number of allylic oxidation sites excluding steroid dienone is 1. The van der Waals surface area contributed by atoms with Crippen LogP contribution in [-0.4, -0.2) is 22.0 Å². The van der Waals surface area contributed by atoms with Crippen molar-refractivity contribution in [3.8, 4) is 11.4 Å². The molecule has 0 bridgehead atoms. The molecule has 0 atom stereocenters. The third kappa shape index (κ3) is 6.02. The molecule has 0 fully saturated rings. The Hall–Kier alpha value is -2.76. The Morgan fingerprint density at radius 1 is 1.00 bits per heavy atom. The Kier molecular flexibility index (Phi) is 7.49. The Balaban J connectivity index is 1.87. The number of aliphatic imine (C=N–C) groups is 1. The third-order valence-electron chi connectivity index (χ3n) is 4.23. The van der Waals surface area contributed by atoms with Gasteiger partial charge in [0.1, 0.15) is 0 Å². The van der Waals surface area contributed by atoms with Crippen LogP contribution in [0, 0.1) is 0 Å². The molecule has 34 heavy (non-hydrogen) atoms. The summed E-state index contributed by atoms with van der Waals surface area (Å²) in [6.07, 6.45) is -9.75. The maximum Gasteiger partial charge on any atom is 0.471 e. The van der Waals surface area contributed by atoms with Gasteiger partial charge in [0.2, 0.25) is 5.82 Å². The molecule has 0 aliphatic heterocycles. The molecular formula is C20H11Cl3F6N4O. The highest BCUT2D eigenvalue weighted by atomic mass is 35.5. The lowest BCUT2D eigenvalue weighted by atomic mass is 10.1. The topological polar surface area (TPSA) is 77.3 Å². The number of benzene rings is 2. The van der Waals surface area contributed by atoms with E-state index in [0.29, 0.717) is 0 Å². The smallest absolute Gasteiger partial charge is 0.397 e. The van der Waals surface area contributed by atoms with Crippen LogP contribution in [0.4, 0.5) is 26.3 Å². The second kappa shape index (κ2) is 9.85. The van der Waals surface area contributed by atoms with Crippen LogP contribution in [-0.2, 0) is 12.7 Å². The molecule has 0 aliphatic carbocycles. The fourth-order valence-corrected chi connectivity index (χ4v) is 3.40. The molecule has 0 saturated heterocycles. The molecule has 0 spiro atoms. The van der Waals surface area contributed by atoms with Crippen LogP contribution >= 0.6 is 34.8 Å². The minimum absolute atomic E-state index is 0.00425. The van der Waals surface area contributed by atoms with Crippen LogP contribution in [0.5, 0.6) is 0 Å². The van der Waals surface area contributed by atoms with E-state index in [9.17, 15) is 26.3 Å². The number of hydrogen-bond acceptors (Lipinski definition) is 5. The number of nitrogens with zero attached hydrogens (tertiary/aromatic N) is 3. The first-order chi connectivity index (χ1) is 15.8. The van der Waals surface area contributed by atoms with Gasteiger partial charge in [0.25, 0.3) is 0 Å². The summed E-state index contributed by atoms with van der Waals surface area (Å²) in [7, 11) is 0. The van der Waals surface area contributed by atoms with Crippen molar-refractivity contribution < 1.29 is 30.9 Å². The van der Waals surface area contributed by atoms with Crippen molar-refractivity contribution in [2.45, 2.75) is 18.9 Å². The summed E-state index contributed by atoms with van der Waals surface area (Å²) in [6, 6.07) is 9.29. The van der Waals surface area contributed by atoms with E-state index in [1.807, 2.05) is 0 Å². The minimum Gasteiger partial charge on any atom is -0.397 e. The SMILES string of the molecule is NC(=C(Cl)C(=NCc1ccc(-c2noc(C(F)(F)F)n2)cc1)C(F)(F)F)c1ccc(Cl)cc1Cl. The molecule has 2 N–H and O–H groups in total. The van der Waals surface area contributed by atoms with Gasteiger partial charge in [-0.05, 0) is 23.8 Å².